The third-order valence-electron chi connectivity index (χ3n) is 2.21. The van der Waals surface area contributed by atoms with Crippen LogP contribution in [0.25, 0.3) is 4.72 Å². The quantitative estimate of drug-likeness (QED) is 0.717. The Labute approximate surface area is 111 Å². The second-order valence-corrected chi connectivity index (χ2v) is 5.58. The van der Waals surface area contributed by atoms with Crippen LogP contribution < -0.4 is 10.1 Å². The summed E-state index contributed by atoms with van der Waals surface area (Å²) >= 11 is 0. The van der Waals surface area contributed by atoms with Gasteiger partial charge in [-0.25, -0.2) is 8.42 Å². The standard InChI is InChI=1S/C11H15F2N2O3S/c1-19(16,17)15-7-6-14-8-9-4-2-3-5-10(9)18-11(12)13/h2-5,11,14H,6-8H2,1H3/q-1/p+1. The number of alkyl halides is 2. The summed E-state index contributed by atoms with van der Waals surface area (Å²) in [5.41, 5.74) is 0.627. The van der Waals surface area contributed by atoms with Gasteiger partial charge in [0.1, 0.15) is 12.3 Å². The van der Waals surface area contributed by atoms with E-state index in [0.29, 0.717) is 18.7 Å². The third-order valence-corrected chi connectivity index (χ3v) is 2.86. The predicted octanol–water partition coefficient (Wildman–Crippen LogP) is 0.685. The number of benzene rings is 1. The first-order valence-corrected chi connectivity index (χ1v) is 7.46. The van der Waals surface area contributed by atoms with Crippen molar-refractivity contribution >= 4 is 10.0 Å². The number of sulfonamides is 1. The maximum atomic E-state index is 12.2. The van der Waals surface area contributed by atoms with Crippen LogP contribution in [-0.2, 0) is 16.6 Å². The van der Waals surface area contributed by atoms with Crippen molar-refractivity contribution in [1.82, 2.24) is 0 Å². The fourth-order valence-electron chi connectivity index (χ4n) is 1.45. The summed E-state index contributed by atoms with van der Waals surface area (Å²) in [7, 11) is -3.31. The predicted molar refractivity (Wildman–Crippen MR) is 66.6 cm³/mol. The van der Waals surface area contributed by atoms with E-state index in [1.807, 2.05) is 0 Å². The molecule has 0 amide bonds. The smallest absolute Gasteiger partial charge is 0.387 e. The molecule has 0 saturated heterocycles. The van der Waals surface area contributed by atoms with Crippen molar-refractivity contribution in [2.24, 2.45) is 0 Å². The summed E-state index contributed by atoms with van der Waals surface area (Å²) in [6.45, 7) is -1.82. The average Bonchev–Trinajstić information content (AvgIpc) is 2.28. The number of hydrogen-bond donors (Lipinski definition) is 1. The van der Waals surface area contributed by atoms with Gasteiger partial charge in [0.2, 0.25) is 0 Å². The molecule has 0 heterocycles. The zero-order valence-corrected chi connectivity index (χ0v) is 11.2. The van der Waals surface area contributed by atoms with Gasteiger partial charge in [-0.15, -0.1) is 0 Å². The van der Waals surface area contributed by atoms with Crippen molar-refractivity contribution < 1.29 is 27.3 Å². The van der Waals surface area contributed by atoms with Crippen LogP contribution in [0, 0.1) is 0 Å². The summed E-state index contributed by atoms with van der Waals surface area (Å²) in [4.78, 5) is 0. The number of nitrogens with zero attached hydrogens (tertiary/aromatic N) is 1. The first-order chi connectivity index (χ1) is 8.88. The van der Waals surface area contributed by atoms with Crippen molar-refractivity contribution in [3.8, 4) is 5.75 Å². The SMILES string of the molecule is CS(=O)(=O)[N-]CC[NH2+]Cc1ccccc1OC(F)F. The number of nitrogens with two attached hydrogens (primary N) is 1. The molecule has 0 bridgehead atoms. The monoisotopic (exact) mass is 294 g/mol. The first-order valence-electron chi connectivity index (χ1n) is 5.61. The summed E-state index contributed by atoms with van der Waals surface area (Å²) in [6.07, 6.45) is 1.03. The molecule has 8 heteroatoms. The van der Waals surface area contributed by atoms with E-state index < -0.39 is 16.6 Å². The number of para-hydroxylation sites is 1. The van der Waals surface area contributed by atoms with Crippen molar-refractivity contribution in [2.75, 3.05) is 19.3 Å². The van der Waals surface area contributed by atoms with Crippen LogP contribution in [0.15, 0.2) is 24.3 Å². The van der Waals surface area contributed by atoms with Crippen molar-refractivity contribution in [3.63, 3.8) is 0 Å². The molecule has 0 aliphatic carbocycles. The number of quaternary nitrogens is 1. The van der Waals surface area contributed by atoms with Crippen molar-refractivity contribution in [3.05, 3.63) is 34.6 Å². The minimum absolute atomic E-state index is 0.133. The number of rotatable bonds is 8. The fraction of sp³-hybridized carbons (Fsp3) is 0.455. The normalized spacial score (nSPS) is 11.8. The zero-order valence-electron chi connectivity index (χ0n) is 10.4. The van der Waals surface area contributed by atoms with E-state index in [1.54, 1.807) is 23.5 Å². The van der Waals surface area contributed by atoms with Gasteiger partial charge in [-0.1, -0.05) is 18.7 Å². The Hall–Kier alpha value is -1.25. The molecule has 2 N–H and O–H groups in total. The molecular weight excluding hydrogens is 278 g/mol. The molecule has 108 valence electrons. The van der Waals surface area contributed by atoms with E-state index in [4.69, 9.17) is 0 Å². The van der Waals surface area contributed by atoms with Crippen LogP contribution >= 0.6 is 0 Å². The average molecular weight is 294 g/mol. The van der Waals surface area contributed by atoms with E-state index in [0.717, 1.165) is 6.26 Å². The molecule has 0 fully saturated rings. The molecule has 1 aromatic rings. The number of halogens is 2. The Balaban J connectivity index is 2.40. The minimum Gasteiger partial charge on any atom is -0.545 e. The first kappa shape index (κ1) is 15.8. The lowest BCUT2D eigenvalue weighted by Gasteiger charge is -2.15. The van der Waals surface area contributed by atoms with Crippen LogP contribution in [0.1, 0.15) is 5.56 Å². The van der Waals surface area contributed by atoms with Gasteiger partial charge in [0.05, 0.1) is 16.6 Å². The molecule has 1 rings (SSSR count). The fourth-order valence-corrected chi connectivity index (χ4v) is 1.89. The maximum Gasteiger partial charge on any atom is 0.387 e. The lowest BCUT2D eigenvalue weighted by atomic mass is 10.2. The highest BCUT2D eigenvalue weighted by atomic mass is 32.2. The van der Waals surface area contributed by atoms with E-state index in [9.17, 15) is 17.2 Å². The molecule has 0 unspecified atom stereocenters. The van der Waals surface area contributed by atoms with Crippen LogP contribution in [-0.4, -0.2) is 34.4 Å². The van der Waals surface area contributed by atoms with Gasteiger partial charge < -0.3 is 14.8 Å². The summed E-state index contributed by atoms with van der Waals surface area (Å²) in [6, 6.07) is 6.49. The number of ether oxygens (including phenoxy) is 1. The van der Waals surface area contributed by atoms with E-state index in [-0.39, 0.29) is 12.3 Å². The lowest BCUT2D eigenvalue weighted by Crippen LogP contribution is -2.83. The van der Waals surface area contributed by atoms with Crippen LogP contribution in [0.3, 0.4) is 0 Å². The Bertz CT molecular complexity index is 494. The maximum absolute atomic E-state index is 12.2. The molecule has 0 spiro atoms. The van der Waals surface area contributed by atoms with Gasteiger partial charge >= 0.3 is 6.61 Å². The molecule has 0 aliphatic rings. The van der Waals surface area contributed by atoms with E-state index in [2.05, 4.69) is 9.46 Å². The van der Waals surface area contributed by atoms with E-state index >= 15 is 0 Å². The highest BCUT2D eigenvalue weighted by Gasteiger charge is 2.09. The molecule has 5 nitrogen and oxygen atoms in total. The molecule has 0 aliphatic heterocycles. The van der Waals surface area contributed by atoms with Gasteiger partial charge in [0, 0.05) is 11.8 Å². The highest BCUT2D eigenvalue weighted by molar-refractivity contribution is 7.93. The molecule has 0 aromatic heterocycles. The van der Waals surface area contributed by atoms with Crippen molar-refractivity contribution in [2.45, 2.75) is 13.2 Å². The van der Waals surface area contributed by atoms with Crippen LogP contribution in [0.4, 0.5) is 8.78 Å². The largest absolute Gasteiger partial charge is 0.545 e. The lowest BCUT2D eigenvalue weighted by molar-refractivity contribution is -0.667. The number of hydrogen-bond acceptors (Lipinski definition) is 3. The van der Waals surface area contributed by atoms with Gasteiger partial charge in [-0.3, -0.25) is 0 Å². The molecular formula is C11H16F2N2O3S. The highest BCUT2D eigenvalue weighted by Crippen LogP contribution is 2.18. The van der Waals surface area contributed by atoms with Crippen LogP contribution in [0.2, 0.25) is 0 Å². The van der Waals surface area contributed by atoms with Crippen molar-refractivity contribution in [1.29, 1.82) is 0 Å². The summed E-state index contributed by atoms with van der Waals surface area (Å²) < 4.78 is 53.7. The van der Waals surface area contributed by atoms with Gasteiger partial charge in [0.15, 0.2) is 0 Å². The van der Waals surface area contributed by atoms with Gasteiger partial charge in [-0.2, -0.15) is 8.78 Å². The van der Waals surface area contributed by atoms with Crippen LogP contribution in [0.5, 0.6) is 5.75 Å². The second-order valence-electron chi connectivity index (χ2n) is 3.85. The molecule has 0 saturated carbocycles. The molecule has 0 radical (unpaired) electrons. The molecule has 1 aromatic carbocycles. The Morgan fingerprint density at radius 3 is 2.68 bits per heavy atom. The molecule has 0 atom stereocenters. The Morgan fingerprint density at radius 2 is 2.05 bits per heavy atom. The van der Waals surface area contributed by atoms with E-state index in [1.165, 1.54) is 6.07 Å². The Kier molecular flexibility index (Phi) is 6.13. The zero-order chi connectivity index (χ0) is 14.3. The summed E-state index contributed by atoms with van der Waals surface area (Å²) in [5, 5.41) is 1.78. The third kappa shape index (κ3) is 7.04. The summed E-state index contributed by atoms with van der Waals surface area (Å²) in [5.74, 6) is 0.133. The van der Waals surface area contributed by atoms with Gasteiger partial charge in [-0.05, 0) is 12.1 Å². The topological polar surface area (TPSA) is 74.1 Å². The Morgan fingerprint density at radius 1 is 1.37 bits per heavy atom. The minimum atomic E-state index is -3.31. The molecule has 19 heavy (non-hydrogen) atoms. The second kappa shape index (κ2) is 7.37. The van der Waals surface area contributed by atoms with Gasteiger partial charge in [0.25, 0.3) is 0 Å².